The minimum Gasteiger partial charge on any atom is -0.465 e. The van der Waals surface area contributed by atoms with E-state index in [1.807, 2.05) is 19.9 Å². The molecule has 10 nitrogen and oxygen atoms in total. The van der Waals surface area contributed by atoms with Crippen LogP contribution in [-0.4, -0.2) is 46.8 Å². The molecule has 0 aliphatic rings. The second-order valence-electron chi connectivity index (χ2n) is 6.01. The van der Waals surface area contributed by atoms with E-state index in [9.17, 15) is 9.59 Å². The van der Waals surface area contributed by atoms with Crippen LogP contribution in [0.1, 0.15) is 38.9 Å². The van der Waals surface area contributed by atoms with E-state index in [1.165, 1.54) is 6.20 Å². The van der Waals surface area contributed by atoms with Crippen LogP contribution in [-0.2, 0) is 0 Å². The molecule has 1 aromatic heterocycles. The zero-order chi connectivity index (χ0) is 19.4. The molecule has 4 N–H and O–H groups in total. The highest BCUT2D eigenvalue weighted by molar-refractivity contribution is 5.75. The molecule has 3 amide bonds. The van der Waals surface area contributed by atoms with Crippen LogP contribution in [0, 0.1) is 17.2 Å². The number of rotatable bonds is 10. The van der Waals surface area contributed by atoms with Crippen molar-refractivity contribution in [2.75, 3.05) is 24.6 Å². The number of anilines is 1. The Balaban J connectivity index is 2.43. The van der Waals surface area contributed by atoms with E-state index in [1.54, 1.807) is 11.1 Å². The van der Waals surface area contributed by atoms with Crippen LogP contribution in [0.2, 0.25) is 0 Å². The molecular formula is C16H25N7O3. The number of amides is 3. The van der Waals surface area contributed by atoms with Crippen LogP contribution in [0.15, 0.2) is 12.3 Å². The standard InChI is InChI=1S/C16H25N7O3/c1-12(2)11-23(14-6-9-18-13(10-17)21-14)22-15(24)19-7-4-3-5-8-20-16(25)26/h6,9,12,20H,3-5,7-8,11H2,1-2H3,(H,25,26)(H2,19,22,24). The Morgan fingerprint density at radius 2 is 1.96 bits per heavy atom. The van der Waals surface area contributed by atoms with Gasteiger partial charge in [-0.2, -0.15) is 10.2 Å². The van der Waals surface area contributed by atoms with Crippen LogP contribution in [0.4, 0.5) is 15.4 Å². The largest absolute Gasteiger partial charge is 0.465 e. The summed E-state index contributed by atoms with van der Waals surface area (Å²) in [7, 11) is 0. The predicted octanol–water partition coefficient (Wildman–Crippen LogP) is 1.46. The summed E-state index contributed by atoms with van der Waals surface area (Å²) in [6.45, 7) is 5.41. The molecule has 0 atom stereocenters. The molecule has 0 aliphatic heterocycles. The van der Waals surface area contributed by atoms with Gasteiger partial charge in [0.05, 0.1) is 0 Å². The normalized spacial score (nSPS) is 10.1. The maximum Gasteiger partial charge on any atom is 0.404 e. The molecule has 0 radical (unpaired) electrons. The van der Waals surface area contributed by atoms with Gasteiger partial charge in [-0.1, -0.05) is 13.8 Å². The topological polar surface area (TPSA) is 143 Å². The van der Waals surface area contributed by atoms with Crippen molar-refractivity contribution in [2.24, 2.45) is 5.92 Å². The van der Waals surface area contributed by atoms with Crippen LogP contribution < -0.4 is 21.1 Å². The van der Waals surface area contributed by atoms with Gasteiger partial charge in [-0.15, -0.1) is 0 Å². The summed E-state index contributed by atoms with van der Waals surface area (Å²) in [6.07, 6.45) is 2.70. The lowest BCUT2D eigenvalue weighted by Crippen LogP contribution is -2.49. The number of carboxylic acid groups (broad SMARTS) is 1. The zero-order valence-electron chi connectivity index (χ0n) is 15.0. The van der Waals surface area contributed by atoms with E-state index in [4.69, 9.17) is 10.4 Å². The van der Waals surface area contributed by atoms with E-state index in [-0.39, 0.29) is 17.8 Å². The molecule has 1 rings (SSSR count). The van der Waals surface area contributed by atoms with Crippen molar-refractivity contribution >= 4 is 17.9 Å². The highest BCUT2D eigenvalue weighted by Crippen LogP contribution is 2.10. The summed E-state index contributed by atoms with van der Waals surface area (Å²) in [6, 6.07) is 3.13. The van der Waals surface area contributed by atoms with Crippen molar-refractivity contribution in [1.82, 2.24) is 26.0 Å². The van der Waals surface area contributed by atoms with Crippen LogP contribution in [0.5, 0.6) is 0 Å². The Morgan fingerprint density at radius 1 is 1.27 bits per heavy atom. The fourth-order valence-electron chi connectivity index (χ4n) is 2.10. The summed E-state index contributed by atoms with van der Waals surface area (Å²) in [5.41, 5.74) is 2.73. The van der Waals surface area contributed by atoms with Gasteiger partial charge in [0.2, 0.25) is 5.82 Å². The van der Waals surface area contributed by atoms with Gasteiger partial charge >= 0.3 is 12.1 Å². The average Bonchev–Trinajstić information content (AvgIpc) is 2.59. The number of aromatic nitrogens is 2. The summed E-state index contributed by atoms with van der Waals surface area (Å²) < 4.78 is 0. The molecule has 0 saturated carbocycles. The van der Waals surface area contributed by atoms with E-state index in [0.717, 1.165) is 12.8 Å². The number of urea groups is 1. The van der Waals surface area contributed by atoms with Crippen LogP contribution in [0.3, 0.4) is 0 Å². The highest BCUT2D eigenvalue weighted by atomic mass is 16.4. The number of hydrogen-bond donors (Lipinski definition) is 4. The van der Waals surface area contributed by atoms with Gasteiger partial charge < -0.3 is 15.7 Å². The highest BCUT2D eigenvalue weighted by Gasteiger charge is 2.14. The first-order valence-electron chi connectivity index (χ1n) is 8.44. The summed E-state index contributed by atoms with van der Waals surface area (Å²) in [5, 5.41) is 24.0. The molecule has 0 fully saturated rings. The Bertz CT molecular complexity index is 631. The quantitative estimate of drug-likeness (QED) is 0.364. The Morgan fingerprint density at radius 3 is 2.58 bits per heavy atom. The molecule has 1 aromatic rings. The van der Waals surface area contributed by atoms with Crippen LogP contribution >= 0.6 is 0 Å². The first kappa shape index (κ1) is 21.0. The first-order chi connectivity index (χ1) is 12.4. The monoisotopic (exact) mass is 363 g/mol. The number of hydrogen-bond acceptors (Lipinski definition) is 6. The van der Waals surface area contributed by atoms with Crippen LogP contribution in [0.25, 0.3) is 0 Å². The second-order valence-corrected chi connectivity index (χ2v) is 6.01. The maximum absolute atomic E-state index is 12.1. The van der Waals surface area contributed by atoms with Gasteiger partial charge in [-0.05, 0) is 25.2 Å². The summed E-state index contributed by atoms with van der Waals surface area (Å²) >= 11 is 0. The lowest BCUT2D eigenvalue weighted by atomic mass is 10.2. The number of nitriles is 1. The predicted molar refractivity (Wildman–Crippen MR) is 95.3 cm³/mol. The molecule has 1 heterocycles. The number of nitrogens with one attached hydrogen (secondary N) is 3. The third-order valence-electron chi connectivity index (χ3n) is 3.22. The summed E-state index contributed by atoms with van der Waals surface area (Å²) in [4.78, 5) is 30.3. The van der Waals surface area contributed by atoms with Gasteiger partial charge in [-0.25, -0.2) is 20.0 Å². The van der Waals surface area contributed by atoms with Crippen molar-refractivity contribution in [2.45, 2.75) is 33.1 Å². The lowest BCUT2D eigenvalue weighted by molar-refractivity contribution is 0.194. The molecule has 142 valence electrons. The van der Waals surface area contributed by atoms with Crippen molar-refractivity contribution in [3.05, 3.63) is 18.1 Å². The third-order valence-corrected chi connectivity index (χ3v) is 3.22. The minimum atomic E-state index is -1.03. The molecular weight excluding hydrogens is 338 g/mol. The molecule has 0 spiro atoms. The fourth-order valence-corrected chi connectivity index (χ4v) is 2.10. The molecule has 0 saturated heterocycles. The molecule has 0 aromatic carbocycles. The van der Waals surface area contributed by atoms with Gasteiger partial charge in [-0.3, -0.25) is 5.01 Å². The number of nitrogens with zero attached hydrogens (tertiary/aromatic N) is 4. The number of unbranched alkanes of at least 4 members (excludes halogenated alkanes) is 2. The Labute approximate surface area is 152 Å². The Kier molecular flexibility index (Phi) is 9.24. The van der Waals surface area contributed by atoms with Gasteiger partial charge in [0.1, 0.15) is 6.07 Å². The van der Waals surface area contributed by atoms with Crippen molar-refractivity contribution in [3.8, 4) is 6.07 Å². The van der Waals surface area contributed by atoms with Crippen molar-refractivity contribution in [3.63, 3.8) is 0 Å². The molecule has 26 heavy (non-hydrogen) atoms. The molecule has 0 aliphatic carbocycles. The van der Waals surface area contributed by atoms with E-state index in [2.05, 4.69) is 26.0 Å². The Hall–Kier alpha value is -3.09. The van der Waals surface area contributed by atoms with E-state index in [0.29, 0.717) is 31.9 Å². The SMILES string of the molecule is CC(C)CN(NC(=O)NCCCCCNC(=O)O)c1ccnc(C#N)n1. The number of carbonyl (C=O) groups is 2. The average molecular weight is 363 g/mol. The number of carbonyl (C=O) groups excluding carboxylic acids is 1. The molecule has 10 heteroatoms. The fraction of sp³-hybridized carbons (Fsp3) is 0.562. The number of hydrazine groups is 1. The summed E-state index contributed by atoms with van der Waals surface area (Å²) in [5.74, 6) is 0.742. The molecule has 0 unspecified atom stereocenters. The smallest absolute Gasteiger partial charge is 0.404 e. The lowest BCUT2D eigenvalue weighted by Gasteiger charge is -2.26. The van der Waals surface area contributed by atoms with Gasteiger partial charge in [0.25, 0.3) is 0 Å². The van der Waals surface area contributed by atoms with Crippen molar-refractivity contribution in [1.29, 1.82) is 5.26 Å². The molecule has 0 bridgehead atoms. The minimum absolute atomic E-state index is 0.0356. The third kappa shape index (κ3) is 8.68. The van der Waals surface area contributed by atoms with Gasteiger partial charge in [0.15, 0.2) is 5.82 Å². The van der Waals surface area contributed by atoms with E-state index < -0.39 is 6.09 Å². The first-order valence-corrected chi connectivity index (χ1v) is 8.44. The van der Waals surface area contributed by atoms with Gasteiger partial charge in [0, 0.05) is 31.9 Å². The van der Waals surface area contributed by atoms with Crippen molar-refractivity contribution < 1.29 is 14.7 Å². The maximum atomic E-state index is 12.1. The second kappa shape index (κ2) is 11.5. The van der Waals surface area contributed by atoms with E-state index >= 15 is 0 Å². The zero-order valence-corrected chi connectivity index (χ0v) is 15.0.